The molecule has 206 valence electrons. The maximum Gasteiger partial charge on any atom is 0.247 e. The summed E-state index contributed by atoms with van der Waals surface area (Å²) in [6.45, 7) is 5.73. The molecule has 10 nitrogen and oxygen atoms in total. The number of amides is 1. The minimum Gasteiger partial charge on any atom is -0.491 e. The van der Waals surface area contributed by atoms with Gasteiger partial charge in [-0.05, 0) is 32.3 Å². The number of nitrogens with zero attached hydrogens (tertiary/aromatic N) is 5. The Balaban J connectivity index is 1.58. The molecule has 40 heavy (non-hydrogen) atoms. The first-order chi connectivity index (χ1) is 19.3. The third-order valence-corrected chi connectivity index (χ3v) is 7.00. The highest BCUT2D eigenvalue weighted by atomic mass is 16.5. The average Bonchev–Trinajstić information content (AvgIpc) is 3.57. The number of ether oxygens (including phenoxy) is 1. The molecule has 1 aliphatic rings. The first-order valence-electron chi connectivity index (χ1n) is 13.1. The smallest absolute Gasteiger partial charge is 0.247 e. The van der Waals surface area contributed by atoms with Gasteiger partial charge in [0.2, 0.25) is 11.9 Å². The summed E-state index contributed by atoms with van der Waals surface area (Å²) in [5.74, 6) is 0.691. The van der Waals surface area contributed by atoms with Gasteiger partial charge in [0.1, 0.15) is 5.75 Å². The van der Waals surface area contributed by atoms with Crippen molar-refractivity contribution in [1.29, 1.82) is 0 Å². The molecule has 0 aliphatic carbocycles. The van der Waals surface area contributed by atoms with Gasteiger partial charge in [0.15, 0.2) is 6.29 Å². The molecule has 2 aromatic heterocycles. The van der Waals surface area contributed by atoms with E-state index in [0.29, 0.717) is 47.4 Å². The van der Waals surface area contributed by atoms with Crippen LogP contribution in [0.3, 0.4) is 0 Å². The van der Waals surface area contributed by atoms with Crippen molar-refractivity contribution in [2.75, 3.05) is 56.4 Å². The number of anilines is 4. The van der Waals surface area contributed by atoms with E-state index in [1.807, 2.05) is 69.3 Å². The molecule has 0 radical (unpaired) electrons. The quantitative estimate of drug-likeness (QED) is 0.228. The summed E-state index contributed by atoms with van der Waals surface area (Å²) in [6, 6.07) is 9.81. The summed E-state index contributed by atoms with van der Waals surface area (Å²) in [5.41, 5.74) is 5.95. The molecular formula is C30H33N7O3. The summed E-state index contributed by atoms with van der Waals surface area (Å²) in [5, 5.41) is 7.25. The van der Waals surface area contributed by atoms with Gasteiger partial charge in [0, 0.05) is 68.0 Å². The van der Waals surface area contributed by atoms with Gasteiger partial charge in [0.25, 0.3) is 0 Å². The summed E-state index contributed by atoms with van der Waals surface area (Å²) >= 11 is 0. The van der Waals surface area contributed by atoms with Gasteiger partial charge >= 0.3 is 0 Å². The number of para-hydroxylation sites is 1. The van der Waals surface area contributed by atoms with Crippen molar-refractivity contribution in [3.05, 3.63) is 66.5 Å². The number of benzene rings is 2. The van der Waals surface area contributed by atoms with Crippen LogP contribution in [0.5, 0.6) is 5.75 Å². The van der Waals surface area contributed by atoms with Gasteiger partial charge in [-0.15, -0.1) is 0 Å². The Kier molecular flexibility index (Phi) is 7.52. The fourth-order valence-electron chi connectivity index (χ4n) is 5.04. The Morgan fingerprint density at radius 3 is 2.75 bits per heavy atom. The number of rotatable bonds is 10. The Morgan fingerprint density at radius 2 is 2.00 bits per heavy atom. The van der Waals surface area contributed by atoms with Crippen molar-refractivity contribution >= 4 is 46.1 Å². The van der Waals surface area contributed by atoms with E-state index >= 15 is 0 Å². The van der Waals surface area contributed by atoms with E-state index in [2.05, 4.69) is 32.0 Å². The standard InChI is InChI=1S/C30H33N7O3/c1-6-26(39)32-23-15-24(29-21(11-14-40-29)28(23)36(4)13-12-35(2)3)33-30-31-16-19(18-38)27(34-30)22-17-37(5)25-10-8-7-9-20(22)25/h6-10,15-18H,1,11-14H2,2-5H3,(H,32,39)(H,31,33,34). The van der Waals surface area contributed by atoms with Gasteiger partial charge < -0.3 is 29.7 Å². The minimum atomic E-state index is -0.308. The predicted octanol–water partition coefficient (Wildman–Crippen LogP) is 4.25. The second-order valence-electron chi connectivity index (χ2n) is 10.1. The number of carbonyl (C=O) groups is 2. The zero-order chi connectivity index (χ0) is 28.4. The Morgan fingerprint density at radius 1 is 1.20 bits per heavy atom. The van der Waals surface area contributed by atoms with Crippen molar-refractivity contribution in [2.24, 2.45) is 7.05 Å². The van der Waals surface area contributed by atoms with Crippen LogP contribution in [0, 0.1) is 0 Å². The van der Waals surface area contributed by atoms with E-state index in [9.17, 15) is 9.59 Å². The van der Waals surface area contributed by atoms with E-state index in [-0.39, 0.29) is 5.91 Å². The average molecular weight is 540 g/mol. The van der Waals surface area contributed by atoms with Gasteiger partial charge in [-0.1, -0.05) is 24.8 Å². The summed E-state index contributed by atoms with van der Waals surface area (Å²) in [4.78, 5) is 37.8. The Labute approximate surface area is 233 Å². The second kappa shape index (κ2) is 11.2. The highest BCUT2D eigenvalue weighted by molar-refractivity contribution is 6.03. The third kappa shape index (κ3) is 5.13. The summed E-state index contributed by atoms with van der Waals surface area (Å²) in [7, 11) is 8.02. The van der Waals surface area contributed by atoms with Crippen molar-refractivity contribution in [3.63, 3.8) is 0 Å². The fraction of sp³-hybridized carbons (Fsp3) is 0.267. The zero-order valence-corrected chi connectivity index (χ0v) is 23.2. The molecule has 0 fully saturated rings. The number of hydrogen-bond acceptors (Lipinski definition) is 8. The van der Waals surface area contributed by atoms with Crippen LogP contribution in [-0.4, -0.2) is 72.5 Å². The Bertz CT molecular complexity index is 1610. The molecule has 1 amide bonds. The van der Waals surface area contributed by atoms with E-state index in [1.54, 1.807) is 0 Å². The monoisotopic (exact) mass is 539 g/mol. The largest absolute Gasteiger partial charge is 0.491 e. The molecule has 0 spiro atoms. The minimum absolute atomic E-state index is 0.306. The molecule has 10 heteroatoms. The molecule has 1 aliphatic heterocycles. The first-order valence-corrected chi connectivity index (χ1v) is 13.1. The normalized spacial score (nSPS) is 12.2. The lowest BCUT2D eigenvalue weighted by Crippen LogP contribution is -2.30. The van der Waals surface area contributed by atoms with Gasteiger partial charge in [-0.3, -0.25) is 9.59 Å². The highest BCUT2D eigenvalue weighted by Gasteiger charge is 2.27. The van der Waals surface area contributed by atoms with Gasteiger partial charge in [-0.25, -0.2) is 9.97 Å². The van der Waals surface area contributed by atoms with E-state index in [4.69, 9.17) is 9.72 Å². The molecule has 0 saturated carbocycles. The molecule has 2 aromatic carbocycles. The van der Waals surface area contributed by atoms with Crippen molar-refractivity contribution in [3.8, 4) is 17.0 Å². The van der Waals surface area contributed by atoms with E-state index in [0.717, 1.165) is 47.1 Å². The van der Waals surface area contributed by atoms with E-state index < -0.39 is 0 Å². The van der Waals surface area contributed by atoms with E-state index in [1.165, 1.54) is 12.3 Å². The lowest BCUT2D eigenvalue weighted by Gasteiger charge is -2.27. The number of aryl methyl sites for hydroxylation is 1. The molecule has 3 heterocycles. The molecule has 2 N–H and O–H groups in total. The first kappa shape index (κ1) is 26.9. The number of likely N-dealkylation sites (N-methyl/N-ethyl adjacent to an activating group) is 2. The van der Waals surface area contributed by atoms with Crippen molar-refractivity contribution < 1.29 is 14.3 Å². The van der Waals surface area contributed by atoms with Crippen LogP contribution in [-0.2, 0) is 18.3 Å². The number of hydrogen-bond donors (Lipinski definition) is 2. The fourth-order valence-corrected chi connectivity index (χ4v) is 5.04. The SMILES string of the molecule is C=CC(=O)Nc1cc(Nc2ncc(C=O)c(-c3cn(C)c4ccccc34)n2)c2c(c1N(C)CCN(C)C)CCO2. The maximum atomic E-state index is 12.4. The molecule has 5 rings (SSSR count). The molecule has 0 saturated heterocycles. The third-order valence-electron chi connectivity index (χ3n) is 7.00. The molecular weight excluding hydrogens is 506 g/mol. The van der Waals surface area contributed by atoms with Gasteiger partial charge in [0.05, 0.1) is 34.9 Å². The molecule has 0 bridgehead atoms. The maximum absolute atomic E-state index is 12.4. The summed E-state index contributed by atoms with van der Waals surface area (Å²) in [6.07, 6.45) is 6.19. The predicted molar refractivity (Wildman–Crippen MR) is 159 cm³/mol. The number of nitrogens with one attached hydrogen (secondary N) is 2. The second-order valence-corrected chi connectivity index (χ2v) is 10.1. The number of aldehydes is 1. The molecule has 4 aromatic rings. The number of fused-ring (bicyclic) bond motifs is 2. The van der Waals surface area contributed by atoms with Crippen molar-refractivity contribution in [1.82, 2.24) is 19.4 Å². The van der Waals surface area contributed by atoms with Gasteiger partial charge in [-0.2, -0.15) is 0 Å². The van der Waals surface area contributed by atoms with Crippen LogP contribution in [0.2, 0.25) is 0 Å². The highest BCUT2D eigenvalue weighted by Crippen LogP contribution is 2.46. The number of carbonyl (C=O) groups excluding carboxylic acids is 2. The molecule has 0 atom stereocenters. The van der Waals surface area contributed by atoms with Crippen LogP contribution in [0.1, 0.15) is 15.9 Å². The lowest BCUT2D eigenvalue weighted by atomic mass is 10.0. The van der Waals surface area contributed by atoms with Crippen LogP contribution in [0.15, 0.2) is 55.4 Å². The zero-order valence-electron chi connectivity index (χ0n) is 23.2. The Hall–Kier alpha value is -4.70. The van der Waals surface area contributed by atoms with Crippen LogP contribution in [0.4, 0.5) is 23.0 Å². The topological polar surface area (TPSA) is 105 Å². The lowest BCUT2D eigenvalue weighted by molar-refractivity contribution is -0.111. The summed E-state index contributed by atoms with van der Waals surface area (Å²) < 4.78 is 8.09. The van der Waals surface area contributed by atoms with Crippen molar-refractivity contribution in [2.45, 2.75) is 6.42 Å². The van der Waals surface area contributed by atoms with Crippen LogP contribution < -0.4 is 20.3 Å². The van der Waals surface area contributed by atoms with Crippen LogP contribution in [0.25, 0.3) is 22.2 Å². The van der Waals surface area contributed by atoms with Crippen LogP contribution >= 0.6 is 0 Å². The molecule has 0 unspecified atom stereocenters. The number of aromatic nitrogens is 3.